The Balaban J connectivity index is 2.03. The first-order valence-corrected chi connectivity index (χ1v) is 11.0. The molecule has 1 aromatic carbocycles. The minimum Gasteiger partial charge on any atom is -0.444 e. The average Bonchev–Trinajstić information content (AvgIpc) is 2.70. The van der Waals surface area contributed by atoms with Gasteiger partial charge in [0.1, 0.15) is 11.4 Å². The van der Waals surface area contributed by atoms with Crippen LogP contribution < -0.4 is 15.8 Å². The summed E-state index contributed by atoms with van der Waals surface area (Å²) in [4.78, 5) is 32.7. The quantitative estimate of drug-likeness (QED) is 0.306. The molecule has 1 aromatic heterocycles. The molecule has 0 spiro atoms. The van der Waals surface area contributed by atoms with Crippen molar-refractivity contribution in [2.75, 3.05) is 18.1 Å². The highest BCUT2D eigenvalue weighted by Gasteiger charge is 2.25. The second-order valence-corrected chi connectivity index (χ2v) is 9.75. The number of hydrogen-bond acceptors (Lipinski definition) is 6. The number of amides is 2. The van der Waals surface area contributed by atoms with Crippen LogP contribution >= 0.6 is 11.6 Å². The lowest BCUT2D eigenvalue weighted by atomic mass is 9.87. The van der Waals surface area contributed by atoms with Gasteiger partial charge in [-0.3, -0.25) is 15.2 Å². The van der Waals surface area contributed by atoms with E-state index < -0.39 is 23.4 Å². The van der Waals surface area contributed by atoms with Gasteiger partial charge in [-0.1, -0.05) is 13.8 Å². The minimum atomic E-state index is -0.550. The van der Waals surface area contributed by atoms with Crippen molar-refractivity contribution >= 4 is 29.4 Å². The lowest BCUT2D eigenvalue weighted by Gasteiger charge is -2.33. The van der Waals surface area contributed by atoms with E-state index >= 15 is 0 Å². The molecule has 8 nitrogen and oxygen atoms in total. The number of nitrogens with one attached hydrogen (secondary N) is 2. The number of halogens is 2. The number of hydrazine groups is 1. The Labute approximate surface area is 198 Å². The SMILES string of the molecule is CC(C)(CCCNC(=O)OC(C)(C)C)CN(NC(=O)c1ccc(F)cc1)c1ccnc(Cl)n1. The molecule has 0 fully saturated rings. The molecular formula is C23H31ClFN5O3. The normalized spacial score (nSPS) is 11.6. The Morgan fingerprint density at radius 2 is 1.79 bits per heavy atom. The number of benzene rings is 1. The molecule has 2 amide bonds. The van der Waals surface area contributed by atoms with Gasteiger partial charge in [0.25, 0.3) is 5.91 Å². The van der Waals surface area contributed by atoms with E-state index in [1.165, 1.54) is 30.5 Å². The van der Waals surface area contributed by atoms with Gasteiger partial charge < -0.3 is 10.1 Å². The molecule has 1 heterocycles. The maximum Gasteiger partial charge on any atom is 0.407 e. The lowest BCUT2D eigenvalue weighted by molar-refractivity contribution is 0.0525. The van der Waals surface area contributed by atoms with Gasteiger partial charge in [-0.15, -0.1) is 0 Å². The number of carbonyl (C=O) groups excluding carboxylic acids is 2. The van der Waals surface area contributed by atoms with E-state index in [-0.39, 0.29) is 10.7 Å². The summed E-state index contributed by atoms with van der Waals surface area (Å²) in [7, 11) is 0. The van der Waals surface area contributed by atoms with Crippen LogP contribution in [0.1, 0.15) is 57.8 Å². The Hall–Kier alpha value is -2.94. The second-order valence-electron chi connectivity index (χ2n) is 9.41. The molecule has 2 rings (SSSR count). The van der Waals surface area contributed by atoms with Gasteiger partial charge in [-0.2, -0.15) is 4.98 Å². The molecule has 10 heteroatoms. The van der Waals surface area contributed by atoms with E-state index in [0.29, 0.717) is 30.9 Å². The summed E-state index contributed by atoms with van der Waals surface area (Å²) >= 11 is 5.95. The first-order chi connectivity index (χ1) is 15.3. The number of carbonyl (C=O) groups is 2. The summed E-state index contributed by atoms with van der Waals surface area (Å²) in [5.74, 6) is -0.412. The van der Waals surface area contributed by atoms with E-state index in [1.807, 2.05) is 34.6 Å². The third-order valence-electron chi connectivity index (χ3n) is 4.52. The lowest BCUT2D eigenvalue weighted by Crippen LogP contribution is -2.47. The summed E-state index contributed by atoms with van der Waals surface area (Å²) in [5.41, 5.74) is 2.30. The molecule has 0 aliphatic heterocycles. The zero-order valence-corrected chi connectivity index (χ0v) is 20.4. The molecule has 0 radical (unpaired) electrons. The second kappa shape index (κ2) is 11.3. The number of aromatic nitrogens is 2. The first kappa shape index (κ1) is 26.3. The molecule has 0 unspecified atom stereocenters. The third kappa shape index (κ3) is 9.61. The summed E-state index contributed by atoms with van der Waals surface area (Å²) < 4.78 is 18.5. The number of ether oxygens (including phenoxy) is 1. The number of nitrogens with zero attached hydrogens (tertiary/aromatic N) is 3. The van der Waals surface area contributed by atoms with Crippen molar-refractivity contribution in [3.63, 3.8) is 0 Å². The van der Waals surface area contributed by atoms with E-state index in [1.54, 1.807) is 11.1 Å². The molecule has 2 N–H and O–H groups in total. The van der Waals surface area contributed by atoms with Gasteiger partial charge in [0.05, 0.1) is 0 Å². The number of anilines is 1. The van der Waals surface area contributed by atoms with Crippen molar-refractivity contribution in [3.05, 3.63) is 53.2 Å². The number of rotatable bonds is 9. The zero-order chi connectivity index (χ0) is 24.6. The Kier molecular flexibility index (Phi) is 8.99. The number of alkyl carbamates (subject to hydrolysis) is 1. The highest BCUT2D eigenvalue weighted by Crippen LogP contribution is 2.25. The van der Waals surface area contributed by atoms with Crippen LogP contribution in [0, 0.1) is 11.2 Å². The van der Waals surface area contributed by atoms with Gasteiger partial charge >= 0.3 is 6.09 Å². The number of hydrogen-bond donors (Lipinski definition) is 2. The Morgan fingerprint density at radius 3 is 2.39 bits per heavy atom. The molecule has 0 atom stereocenters. The maximum atomic E-state index is 13.2. The average molecular weight is 480 g/mol. The van der Waals surface area contributed by atoms with Crippen molar-refractivity contribution in [2.24, 2.45) is 5.41 Å². The summed E-state index contributed by atoms with van der Waals surface area (Å²) in [6.45, 7) is 10.4. The monoisotopic (exact) mass is 479 g/mol. The third-order valence-corrected chi connectivity index (χ3v) is 4.70. The van der Waals surface area contributed by atoms with Crippen molar-refractivity contribution in [1.82, 2.24) is 20.7 Å². The van der Waals surface area contributed by atoms with Crippen LogP contribution in [0.3, 0.4) is 0 Å². The van der Waals surface area contributed by atoms with Gasteiger partial charge in [0.15, 0.2) is 5.82 Å². The van der Waals surface area contributed by atoms with Gasteiger partial charge in [-0.25, -0.2) is 14.2 Å². The molecule has 0 saturated carbocycles. The van der Waals surface area contributed by atoms with Crippen LogP contribution in [-0.4, -0.2) is 40.7 Å². The van der Waals surface area contributed by atoms with Gasteiger partial charge in [0, 0.05) is 30.9 Å². The molecule has 0 bridgehead atoms. The smallest absolute Gasteiger partial charge is 0.407 e. The zero-order valence-electron chi connectivity index (χ0n) is 19.6. The van der Waals surface area contributed by atoms with Gasteiger partial charge in [-0.05, 0) is 74.9 Å². The van der Waals surface area contributed by atoms with Crippen LogP contribution in [0.15, 0.2) is 36.5 Å². The maximum absolute atomic E-state index is 13.2. The highest BCUT2D eigenvalue weighted by molar-refractivity contribution is 6.28. The van der Waals surface area contributed by atoms with E-state index in [2.05, 4.69) is 20.7 Å². The summed E-state index contributed by atoms with van der Waals surface area (Å²) in [6.07, 6.45) is 2.49. The van der Waals surface area contributed by atoms with Crippen LogP contribution in [-0.2, 0) is 4.74 Å². The topological polar surface area (TPSA) is 96.5 Å². The van der Waals surface area contributed by atoms with E-state index in [9.17, 15) is 14.0 Å². The molecular weight excluding hydrogens is 449 g/mol. The van der Waals surface area contributed by atoms with E-state index in [4.69, 9.17) is 16.3 Å². The molecule has 0 aliphatic rings. The highest BCUT2D eigenvalue weighted by atomic mass is 35.5. The fourth-order valence-electron chi connectivity index (χ4n) is 3.02. The Bertz CT molecular complexity index is 948. The van der Waals surface area contributed by atoms with Crippen LogP contribution in [0.5, 0.6) is 0 Å². The van der Waals surface area contributed by atoms with Crippen LogP contribution in [0.2, 0.25) is 5.28 Å². The molecule has 180 valence electrons. The summed E-state index contributed by atoms with van der Waals surface area (Å²) in [5, 5.41) is 4.40. The molecule has 2 aromatic rings. The molecule has 33 heavy (non-hydrogen) atoms. The van der Waals surface area contributed by atoms with Gasteiger partial charge in [0.2, 0.25) is 5.28 Å². The van der Waals surface area contributed by atoms with E-state index in [0.717, 1.165) is 6.42 Å². The van der Waals surface area contributed by atoms with Crippen molar-refractivity contribution in [2.45, 2.75) is 53.1 Å². The molecule has 0 aliphatic carbocycles. The van der Waals surface area contributed by atoms with Crippen molar-refractivity contribution in [3.8, 4) is 0 Å². The fourth-order valence-corrected chi connectivity index (χ4v) is 3.16. The first-order valence-electron chi connectivity index (χ1n) is 10.6. The predicted molar refractivity (Wildman–Crippen MR) is 126 cm³/mol. The van der Waals surface area contributed by atoms with Crippen LogP contribution in [0.4, 0.5) is 15.0 Å². The Morgan fingerprint density at radius 1 is 1.12 bits per heavy atom. The van der Waals surface area contributed by atoms with Crippen molar-refractivity contribution < 1.29 is 18.7 Å². The largest absolute Gasteiger partial charge is 0.444 e. The van der Waals surface area contributed by atoms with Crippen molar-refractivity contribution in [1.29, 1.82) is 0 Å². The standard InChI is InChI=1S/C23H31ClFN5O3/c1-22(2,3)33-21(32)27-13-6-12-23(4,5)15-30(18-11-14-26-20(24)28-18)29-19(31)16-7-9-17(25)10-8-16/h7-11,14H,6,12-13,15H2,1-5H3,(H,27,32)(H,29,31). The fraction of sp³-hybridized carbons (Fsp3) is 0.478. The minimum absolute atomic E-state index is 0.0490. The summed E-state index contributed by atoms with van der Waals surface area (Å²) in [6, 6.07) is 6.90. The predicted octanol–water partition coefficient (Wildman–Crippen LogP) is 4.75. The molecule has 0 saturated heterocycles. The van der Waals surface area contributed by atoms with Crippen LogP contribution in [0.25, 0.3) is 0 Å².